The largest absolute Gasteiger partial charge is 0.494 e. The van der Waals surface area contributed by atoms with Gasteiger partial charge in [-0.05, 0) is 55.7 Å². The molecule has 0 saturated carbocycles. The molecule has 0 aromatic heterocycles. The fourth-order valence-electron chi connectivity index (χ4n) is 5.69. The van der Waals surface area contributed by atoms with Gasteiger partial charge < -0.3 is 29.1 Å². The third kappa shape index (κ3) is 5.73. The standard InChI is InChI=1S/C30H38N4O5/c1-2-3-19-39-26-11-9-24(10-12-26)28(36)32-15-13-30(14-16-32)29(37)33(22-27(35)31-17-20-38-21-18-31)23-34(30)25-7-5-4-6-8-25/h4-12H,2-3,13-23H2,1H3. The molecule has 39 heavy (non-hydrogen) atoms. The Hall–Kier alpha value is -3.59. The number of morpholine rings is 1. The van der Waals surface area contributed by atoms with Crippen molar-refractivity contribution in [2.24, 2.45) is 0 Å². The van der Waals surface area contributed by atoms with E-state index in [1.54, 1.807) is 9.80 Å². The molecule has 3 heterocycles. The van der Waals surface area contributed by atoms with Crippen LogP contribution >= 0.6 is 0 Å². The van der Waals surface area contributed by atoms with Gasteiger partial charge in [0.15, 0.2) is 0 Å². The molecule has 208 valence electrons. The zero-order valence-electron chi connectivity index (χ0n) is 22.7. The number of amides is 3. The summed E-state index contributed by atoms with van der Waals surface area (Å²) in [6, 6.07) is 17.2. The minimum absolute atomic E-state index is 0.0337. The summed E-state index contributed by atoms with van der Waals surface area (Å²) < 4.78 is 11.1. The number of ether oxygens (including phenoxy) is 2. The Bertz CT molecular complexity index is 1140. The zero-order valence-corrected chi connectivity index (χ0v) is 22.7. The number of nitrogens with zero attached hydrogens (tertiary/aromatic N) is 4. The van der Waals surface area contributed by atoms with Gasteiger partial charge in [-0.2, -0.15) is 0 Å². The maximum Gasteiger partial charge on any atom is 0.253 e. The molecule has 0 radical (unpaired) electrons. The summed E-state index contributed by atoms with van der Waals surface area (Å²) in [4.78, 5) is 47.7. The number of hydrogen-bond acceptors (Lipinski definition) is 6. The van der Waals surface area contributed by atoms with Crippen molar-refractivity contribution < 1.29 is 23.9 Å². The average Bonchev–Trinajstić information content (AvgIpc) is 3.24. The van der Waals surface area contributed by atoms with Crippen LogP contribution in [-0.4, -0.2) is 97.2 Å². The van der Waals surface area contributed by atoms with E-state index in [-0.39, 0.29) is 24.3 Å². The molecule has 9 heteroatoms. The molecule has 0 unspecified atom stereocenters. The smallest absolute Gasteiger partial charge is 0.253 e. The number of rotatable bonds is 8. The van der Waals surface area contributed by atoms with E-state index >= 15 is 0 Å². The Kier molecular flexibility index (Phi) is 8.35. The summed E-state index contributed by atoms with van der Waals surface area (Å²) in [5.41, 5.74) is 0.787. The first-order chi connectivity index (χ1) is 19.0. The monoisotopic (exact) mass is 534 g/mol. The lowest BCUT2D eigenvalue weighted by Gasteiger charge is -2.43. The molecule has 3 aliphatic rings. The second kappa shape index (κ2) is 12.1. The highest BCUT2D eigenvalue weighted by Gasteiger charge is 2.54. The molecule has 1 spiro atoms. The number of anilines is 1. The third-order valence-electron chi connectivity index (χ3n) is 8.02. The van der Waals surface area contributed by atoms with Crippen molar-refractivity contribution >= 4 is 23.4 Å². The van der Waals surface area contributed by atoms with E-state index in [1.165, 1.54) is 0 Å². The predicted molar refractivity (Wildman–Crippen MR) is 148 cm³/mol. The van der Waals surface area contributed by atoms with Crippen LogP contribution in [0.3, 0.4) is 0 Å². The molecule has 3 aliphatic heterocycles. The Labute approximate surface area is 230 Å². The molecule has 0 atom stereocenters. The van der Waals surface area contributed by atoms with Crippen molar-refractivity contribution in [3.05, 3.63) is 60.2 Å². The van der Waals surface area contributed by atoms with Crippen LogP contribution in [0.4, 0.5) is 5.69 Å². The summed E-state index contributed by atoms with van der Waals surface area (Å²) in [7, 11) is 0. The highest BCUT2D eigenvalue weighted by Crippen LogP contribution is 2.39. The fraction of sp³-hybridized carbons (Fsp3) is 0.500. The van der Waals surface area contributed by atoms with Gasteiger partial charge in [-0.3, -0.25) is 14.4 Å². The van der Waals surface area contributed by atoms with Gasteiger partial charge in [0.1, 0.15) is 17.8 Å². The lowest BCUT2D eigenvalue weighted by molar-refractivity contribution is -0.143. The van der Waals surface area contributed by atoms with Crippen LogP contribution in [0.2, 0.25) is 0 Å². The van der Waals surface area contributed by atoms with E-state index < -0.39 is 5.54 Å². The van der Waals surface area contributed by atoms with Gasteiger partial charge in [0.05, 0.1) is 26.5 Å². The Balaban J connectivity index is 1.28. The lowest BCUT2D eigenvalue weighted by Crippen LogP contribution is -2.57. The summed E-state index contributed by atoms with van der Waals surface area (Å²) in [5.74, 6) is 0.639. The van der Waals surface area contributed by atoms with Gasteiger partial charge in [-0.15, -0.1) is 0 Å². The first-order valence-electron chi connectivity index (χ1n) is 14.0. The molecule has 9 nitrogen and oxygen atoms in total. The molecular formula is C30H38N4O5. The molecule has 0 aliphatic carbocycles. The van der Waals surface area contributed by atoms with E-state index in [9.17, 15) is 14.4 Å². The topological polar surface area (TPSA) is 82.6 Å². The number of carbonyl (C=O) groups is 3. The van der Waals surface area contributed by atoms with Crippen LogP contribution in [0.1, 0.15) is 43.0 Å². The molecular weight excluding hydrogens is 496 g/mol. The second-order valence-electron chi connectivity index (χ2n) is 10.5. The highest BCUT2D eigenvalue weighted by molar-refractivity contribution is 5.97. The maximum absolute atomic E-state index is 13.9. The van der Waals surface area contributed by atoms with Crippen LogP contribution < -0.4 is 9.64 Å². The van der Waals surface area contributed by atoms with Crippen molar-refractivity contribution in [3.8, 4) is 5.75 Å². The molecule has 5 rings (SSSR count). The highest BCUT2D eigenvalue weighted by atomic mass is 16.5. The van der Waals surface area contributed by atoms with Crippen LogP contribution in [-0.2, 0) is 14.3 Å². The van der Waals surface area contributed by atoms with Gasteiger partial charge in [-0.25, -0.2) is 0 Å². The van der Waals surface area contributed by atoms with Gasteiger partial charge in [0, 0.05) is 37.4 Å². The van der Waals surface area contributed by atoms with Crippen molar-refractivity contribution in [3.63, 3.8) is 0 Å². The number of piperidine rings is 1. The molecule has 0 bridgehead atoms. The summed E-state index contributed by atoms with van der Waals surface area (Å²) >= 11 is 0. The quantitative estimate of drug-likeness (QED) is 0.485. The Morgan fingerprint density at radius 3 is 2.28 bits per heavy atom. The maximum atomic E-state index is 13.9. The van der Waals surface area contributed by atoms with E-state index in [0.717, 1.165) is 24.3 Å². The Morgan fingerprint density at radius 2 is 1.62 bits per heavy atom. The number of likely N-dealkylation sites (tertiary alicyclic amines) is 1. The van der Waals surface area contributed by atoms with E-state index in [1.807, 2.05) is 59.5 Å². The third-order valence-corrected chi connectivity index (χ3v) is 8.02. The van der Waals surface area contributed by atoms with Crippen LogP contribution in [0, 0.1) is 0 Å². The van der Waals surface area contributed by atoms with E-state index in [0.29, 0.717) is 71.1 Å². The zero-order chi connectivity index (χ0) is 27.2. The molecule has 2 aromatic carbocycles. The average molecular weight is 535 g/mol. The van der Waals surface area contributed by atoms with Crippen LogP contribution in [0.25, 0.3) is 0 Å². The van der Waals surface area contributed by atoms with Crippen molar-refractivity contribution in [1.82, 2.24) is 14.7 Å². The van der Waals surface area contributed by atoms with E-state index in [4.69, 9.17) is 9.47 Å². The van der Waals surface area contributed by atoms with Crippen LogP contribution in [0.15, 0.2) is 54.6 Å². The van der Waals surface area contributed by atoms with Crippen LogP contribution in [0.5, 0.6) is 5.75 Å². The Morgan fingerprint density at radius 1 is 0.923 bits per heavy atom. The van der Waals surface area contributed by atoms with Gasteiger partial charge in [-0.1, -0.05) is 31.5 Å². The summed E-state index contributed by atoms with van der Waals surface area (Å²) in [5, 5.41) is 0. The minimum Gasteiger partial charge on any atom is -0.494 e. The minimum atomic E-state index is -0.777. The van der Waals surface area contributed by atoms with Gasteiger partial charge in [0.25, 0.3) is 11.8 Å². The van der Waals surface area contributed by atoms with Crippen molar-refractivity contribution in [1.29, 1.82) is 0 Å². The van der Waals surface area contributed by atoms with Gasteiger partial charge >= 0.3 is 0 Å². The normalized spacial score (nSPS) is 19.1. The second-order valence-corrected chi connectivity index (χ2v) is 10.5. The van der Waals surface area contributed by atoms with Gasteiger partial charge in [0.2, 0.25) is 5.91 Å². The van der Waals surface area contributed by atoms with E-state index in [2.05, 4.69) is 11.8 Å². The number of hydrogen-bond donors (Lipinski definition) is 0. The first kappa shape index (κ1) is 27.0. The molecule has 3 saturated heterocycles. The van der Waals surface area contributed by atoms with Crippen molar-refractivity contribution in [2.75, 3.05) is 64.1 Å². The SMILES string of the molecule is CCCCOc1ccc(C(=O)N2CCC3(CC2)C(=O)N(CC(=O)N2CCOCC2)CN3c2ccccc2)cc1. The summed E-state index contributed by atoms with van der Waals surface area (Å²) in [6.07, 6.45) is 3.08. The molecule has 3 fully saturated rings. The van der Waals surface area contributed by atoms with Crippen molar-refractivity contribution in [2.45, 2.75) is 38.1 Å². The summed E-state index contributed by atoms with van der Waals surface area (Å²) in [6.45, 7) is 6.28. The molecule has 0 N–H and O–H groups in total. The number of benzene rings is 2. The fourth-order valence-corrected chi connectivity index (χ4v) is 5.69. The molecule has 2 aromatic rings. The predicted octanol–water partition coefficient (Wildman–Crippen LogP) is 3.01. The number of para-hydroxylation sites is 1. The molecule has 3 amide bonds. The number of carbonyl (C=O) groups excluding carboxylic acids is 3. The lowest BCUT2D eigenvalue weighted by atomic mass is 9.85. The first-order valence-corrected chi connectivity index (χ1v) is 14.0. The number of unbranched alkanes of at least 4 members (excludes halogenated alkanes) is 1.